The van der Waals surface area contributed by atoms with Crippen LogP contribution in [-0.4, -0.2) is 24.3 Å². The molecule has 0 saturated carbocycles. The van der Waals surface area contributed by atoms with Gasteiger partial charge in [0.05, 0.1) is 6.00 Å². The Hall–Kier alpha value is 0.200. The molecule has 10 heavy (non-hydrogen) atoms. The topological polar surface area (TPSA) is 37.4 Å². The summed E-state index contributed by atoms with van der Waals surface area (Å²) in [5.74, 6) is 0. The summed E-state index contributed by atoms with van der Waals surface area (Å²) in [5, 5.41) is 0. The highest BCUT2D eigenvalue weighted by molar-refractivity contribution is 7.70. The molecule has 0 aliphatic heterocycles. The summed E-state index contributed by atoms with van der Waals surface area (Å²) >= 11 is 5.39. The Morgan fingerprint density at radius 3 is 1.80 bits per heavy atom. The third-order valence-corrected chi connectivity index (χ3v) is 2.63. The van der Waals surface area contributed by atoms with Crippen molar-refractivity contribution in [2.75, 3.05) is 6.00 Å². The van der Waals surface area contributed by atoms with Crippen LogP contribution in [0.15, 0.2) is 0 Å². The Balaban J connectivity index is 4.37. The second-order valence-corrected chi connectivity index (χ2v) is 4.13. The minimum absolute atomic E-state index is 0.0161. The molecular formula is C5H12ClNO2S. The molecule has 0 aliphatic rings. The molecule has 0 aliphatic carbocycles. The van der Waals surface area contributed by atoms with Crippen molar-refractivity contribution < 1.29 is 8.42 Å². The van der Waals surface area contributed by atoms with E-state index in [-0.39, 0.29) is 6.00 Å². The quantitative estimate of drug-likeness (QED) is 0.393. The summed E-state index contributed by atoms with van der Waals surface area (Å²) in [5.41, 5.74) is -0.406. The average Bonchev–Trinajstić information content (AvgIpc) is 1.60. The highest BCUT2D eigenvalue weighted by Gasteiger charge is 2.21. The molecule has 0 amide bonds. The van der Waals surface area contributed by atoms with Crippen LogP contribution in [-0.2, 0) is 10.9 Å². The number of halogens is 1. The lowest BCUT2D eigenvalue weighted by Crippen LogP contribution is -2.39. The molecule has 5 heteroatoms. The van der Waals surface area contributed by atoms with Crippen molar-refractivity contribution in [2.45, 2.75) is 26.3 Å². The molecule has 0 bridgehead atoms. The SMILES string of the molecule is CC(C)(C)N(CCl)[SH](=O)=O. The van der Waals surface area contributed by atoms with Gasteiger partial charge in [-0.05, 0) is 20.8 Å². The van der Waals surface area contributed by atoms with Crippen molar-refractivity contribution in [1.82, 2.24) is 4.31 Å². The summed E-state index contributed by atoms with van der Waals surface area (Å²) < 4.78 is 22.1. The third kappa shape index (κ3) is 2.86. The minimum atomic E-state index is -2.55. The summed E-state index contributed by atoms with van der Waals surface area (Å²) in [4.78, 5) is 0. The van der Waals surface area contributed by atoms with Crippen molar-refractivity contribution in [2.24, 2.45) is 0 Å². The van der Waals surface area contributed by atoms with Crippen LogP contribution in [0.25, 0.3) is 0 Å². The predicted octanol–water partition coefficient (Wildman–Crippen LogP) is 0.810. The maximum absolute atomic E-state index is 10.5. The van der Waals surface area contributed by atoms with Crippen LogP contribution in [0, 0.1) is 0 Å². The number of thiol groups is 1. The van der Waals surface area contributed by atoms with E-state index in [1.807, 2.05) is 0 Å². The van der Waals surface area contributed by atoms with Gasteiger partial charge < -0.3 is 0 Å². The number of rotatable bonds is 2. The van der Waals surface area contributed by atoms with E-state index >= 15 is 0 Å². The van der Waals surface area contributed by atoms with Gasteiger partial charge in [0, 0.05) is 5.54 Å². The van der Waals surface area contributed by atoms with Crippen LogP contribution in [0.1, 0.15) is 20.8 Å². The third-order valence-electron chi connectivity index (χ3n) is 1.08. The van der Waals surface area contributed by atoms with Gasteiger partial charge in [0.1, 0.15) is 0 Å². The van der Waals surface area contributed by atoms with Gasteiger partial charge in [-0.25, -0.2) is 8.42 Å². The van der Waals surface area contributed by atoms with Crippen LogP contribution < -0.4 is 0 Å². The van der Waals surface area contributed by atoms with Crippen molar-refractivity contribution >= 4 is 22.5 Å². The minimum Gasteiger partial charge on any atom is -0.215 e. The fraction of sp³-hybridized carbons (Fsp3) is 1.00. The second-order valence-electron chi connectivity index (χ2n) is 2.93. The average molecular weight is 186 g/mol. The normalized spacial score (nSPS) is 13.0. The van der Waals surface area contributed by atoms with E-state index in [4.69, 9.17) is 11.6 Å². The molecule has 0 aromatic rings. The molecule has 0 unspecified atom stereocenters. The lowest BCUT2D eigenvalue weighted by molar-refractivity contribution is 0.288. The van der Waals surface area contributed by atoms with E-state index in [9.17, 15) is 8.42 Å². The first-order chi connectivity index (χ1) is 4.39. The summed E-state index contributed by atoms with van der Waals surface area (Å²) in [6.07, 6.45) is 0. The smallest absolute Gasteiger partial charge is 0.205 e. The summed E-state index contributed by atoms with van der Waals surface area (Å²) in [6, 6.07) is 0.0161. The molecule has 0 aromatic carbocycles. The summed E-state index contributed by atoms with van der Waals surface area (Å²) in [7, 11) is -2.55. The van der Waals surface area contributed by atoms with Crippen LogP contribution >= 0.6 is 11.6 Å². The number of hydrogen-bond donors (Lipinski definition) is 1. The molecule has 0 rings (SSSR count). The molecule has 62 valence electrons. The zero-order valence-corrected chi connectivity index (χ0v) is 7.95. The predicted molar refractivity (Wildman–Crippen MR) is 42.6 cm³/mol. The first-order valence-electron chi connectivity index (χ1n) is 2.87. The van der Waals surface area contributed by atoms with Gasteiger partial charge in [0.25, 0.3) is 0 Å². The summed E-state index contributed by atoms with van der Waals surface area (Å²) in [6.45, 7) is 5.38. The van der Waals surface area contributed by atoms with Crippen LogP contribution in [0.4, 0.5) is 0 Å². The van der Waals surface area contributed by atoms with Crippen LogP contribution in [0.2, 0.25) is 0 Å². The lowest BCUT2D eigenvalue weighted by atomic mass is 10.1. The first-order valence-corrected chi connectivity index (χ1v) is 4.54. The first kappa shape index (κ1) is 10.2. The van der Waals surface area contributed by atoms with Crippen molar-refractivity contribution in [3.05, 3.63) is 0 Å². The molecule has 0 aromatic heterocycles. The van der Waals surface area contributed by atoms with E-state index in [0.29, 0.717) is 0 Å². The Morgan fingerprint density at radius 1 is 1.40 bits per heavy atom. The standard InChI is InChI=1S/C5H12ClNO2S/c1-5(2,3)7(4-6)10(8)9/h10H,4H2,1-3H3. The number of hydrogen-bond acceptors (Lipinski definition) is 2. The van der Waals surface area contributed by atoms with Crippen LogP contribution in [0.3, 0.4) is 0 Å². The molecular weight excluding hydrogens is 174 g/mol. The van der Waals surface area contributed by atoms with Gasteiger partial charge in [-0.15, -0.1) is 11.6 Å². The zero-order valence-electron chi connectivity index (χ0n) is 6.30. The largest absolute Gasteiger partial charge is 0.215 e. The Bertz CT molecular complexity index is 165. The van der Waals surface area contributed by atoms with E-state index in [2.05, 4.69) is 0 Å². The van der Waals surface area contributed by atoms with Crippen molar-refractivity contribution in [3.63, 3.8) is 0 Å². The molecule has 0 fully saturated rings. The Morgan fingerprint density at radius 2 is 1.80 bits per heavy atom. The van der Waals surface area contributed by atoms with E-state index < -0.39 is 16.4 Å². The molecule has 0 N–H and O–H groups in total. The highest BCUT2D eigenvalue weighted by atomic mass is 35.5. The fourth-order valence-electron chi connectivity index (χ4n) is 0.468. The van der Waals surface area contributed by atoms with Gasteiger partial charge in [-0.3, -0.25) is 0 Å². The van der Waals surface area contributed by atoms with Crippen molar-refractivity contribution in [1.29, 1.82) is 0 Å². The highest BCUT2D eigenvalue weighted by Crippen LogP contribution is 2.12. The fourth-order valence-corrected chi connectivity index (χ4v) is 1.67. The maximum Gasteiger partial charge on any atom is 0.205 e. The van der Waals surface area contributed by atoms with Gasteiger partial charge in [0.15, 0.2) is 0 Å². The molecule has 0 atom stereocenters. The van der Waals surface area contributed by atoms with E-state index in [0.717, 1.165) is 0 Å². The molecule has 0 heterocycles. The van der Waals surface area contributed by atoms with Crippen molar-refractivity contribution in [3.8, 4) is 0 Å². The molecule has 0 saturated heterocycles. The maximum atomic E-state index is 10.5. The van der Waals surface area contributed by atoms with Gasteiger partial charge in [0.2, 0.25) is 10.9 Å². The Labute approximate surface area is 68.1 Å². The number of alkyl halides is 1. The van der Waals surface area contributed by atoms with Gasteiger partial charge in [-0.1, -0.05) is 0 Å². The Kier molecular flexibility index (Phi) is 3.62. The molecule has 0 radical (unpaired) electrons. The van der Waals surface area contributed by atoms with Crippen LogP contribution in [0.5, 0.6) is 0 Å². The molecule has 3 nitrogen and oxygen atoms in total. The number of nitrogens with zero attached hydrogens (tertiary/aromatic N) is 1. The monoisotopic (exact) mass is 185 g/mol. The van der Waals surface area contributed by atoms with E-state index in [1.165, 1.54) is 4.31 Å². The van der Waals surface area contributed by atoms with Gasteiger partial charge in [-0.2, -0.15) is 4.31 Å². The van der Waals surface area contributed by atoms with Gasteiger partial charge >= 0.3 is 0 Å². The lowest BCUT2D eigenvalue weighted by Gasteiger charge is -2.27. The zero-order chi connectivity index (χ0) is 8.36. The second kappa shape index (κ2) is 3.55. The molecule has 0 spiro atoms. The van der Waals surface area contributed by atoms with E-state index in [1.54, 1.807) is 20.8 Å².